The molecule has 1 N–H and O–H groups in total. The minimum Gasteiger partial charge on any atom is -0.493 e. The fourth-order valence-electron chi connectivity index (χ4n) is 3.33. The van der Waals surface area contributed by atoms with E-state index in [1.165, 1.54) is 7.11 Å². The Hall–Kier alpha value is -3.22. The number of rotatable bonds is 5. The number of nitrogens with one attached hydrogen (secondary N) is 1. The number of amides is 1. The zero-order chi connectivity index (χ0) is 22.1. The molecule has 0 unspecified atom stereocenters. The second kappa shape index (κ2) is 8.49. The summed E-state index contributed by atoms with van der Waals surface area (Å²) < 4.78 is 12.4. The van der Waals surface area contributed by atoms with E-state index in [1.807, 2.05) is 35.7 Å². The number of carbonyl (C=O) groups excluding carboxylic acids is 1. The summed E-state index contributed by atoms with van der Waals surface area (Å²) in [6.07, 6.45) is 1.85. The first kappa shape index (κ1) is 21.0. The average molecular weight is 456 g/mol. The lowest BCUT2D eigenvalue weighted by Gasteiger charge is -2.11. The second-order valence-corrected chi connectivity index (χ2v) is 7.66. The minimum absolute atomic E-state index is 0.314. The average Bonchev–Trinajstić information content (AvgIpc) is 3.14. The highest BCUT2D eigenvalue weighted by Crippen LogP contribution is 2.34. The number of methoxy groups -OCH3 is 2. The smallest absolute Gasteiger partial charge is 0.256 e. The van der Waals surface area contributed by atoms with Crippen molar-refractivity contribution in [3.05, 3.63) is 75.9 Å². The molecule has 4 aromatic rings. The summed E-state index contributed by atoms with van der Waals surface area (Å²) in [4.78, 5) is 17.9. The second-order valence-electron chi connectivity index (χ2n) is 6.85. The molecule has 0 fully saturated rings. The molecule has 1 amide bonds. The SMILES string of the molecule is COc1ccc(C(=O)Nc2c(-c3ccc(Cl)c(Cl)c3)nc3c(C)cccn23)cc1OC. The van der Waals surface area contributed by atoms with Crippen molar-refractivity contribution in [2.24, 2.45) is 0 Å². The molecule has 31 heavy (non-hydrogen) atoms. The Morgan fingerprint density at radius 3 is 2.48 bits per heavy atom. The van der Waals surface area contributed by atoms with Gasteiger partial charge in [0.05, 0.1) is 24.3 Å². The summed E-state index contributed by atoms with van der Waals surface area (Å²) in [6.45, 7) is 1.96. The first-order valence-electron chi connectivity index (χ1n) is 9.39. The number of imidazole rings is 1. The van der Waals surface area contributed by atoms with E-state index in [4.69, 9.17) is 37.7 Å². The third-order valence-electron chi connectivity index (χ3n) is 4.92. The van der Waals surface area contributed by atoms with Gasteiger partial charge in [-0.25, -0.2) is 4.98 Å². The van der Waals surface area contributed by atoms with Gasteiger partial charge in [-0.3, -0.25) is 9.20 Å². The molecule has 0 aliphatic rings. The predicted octanol–water partition coefficient (Wildman–Crippen LogP) is 5.89. The van der Waals surface area contributed by atoms with Gasteiger partial charge in [-0.2, -0.15) is 0 Å². The van der Waals surface area contributed by atoms with Gasteiger partial charge in [0.25, 0.3) is 5.91 Å². The van der Waals surface area contributed by atoms with E-state index in [2.05, 4.69) is 5.32 Å². The number of carbonyl (C=O) groups is 1. The standard InChI is InChI=1S/C23H19Cl2N3O3/c1-13-5-4-10-28-21(13)26-20(14-6-8-16(24)17(25)11-14)22(28)27-23(29)15-7-9-18(30-2)19(12-15)31-3/h4-12H,1-3H3,(H,27,29). The van der Waals surface area contributed by atoms with Crippen LogP contribution in [0.5, 0.6) is 11.5 Å². The lowest BCUT2D eigenvalue weighted by atomic mass is 10.1. The molecule has 158 valence electrons. The van der Waals surface area contributed by atoms with Crippen LogP contribution in [0.3, 0.4) is 0 Å². The Kier molecular flexibility index (Phi) is 5.76. The number of nitrogens with zero attached hydrogens (tertiary/aromatic N) is 2. The number of hydrogen-bond acceptors (Lipinski definition) is 4. The topological polar surface area (TPSA) is 64.9 Å². The van der Waals surface area contributed by atoms with Crippen molar-refractivity contribution >= 4 is 40.6 Å². The Labute approximate surface area is 189 Å². The lowest BCUT2D eigenvalue weighted by Crippen LogP contribution is -2.14. The van der Waals surface area contributed by atoms with Gasteiger partial charge in [0.1, 0.15) is 17.2 Å². The Morgan fingerprint density at radius 1 is 1.00 bits per heavy atom. The Morgan fingerprint density at radius 2 is 1.77 bits per heavy atom. The molecule has 2 heterocycles. The minimum atomic E-state index is -0.314. The van der Waals surface area contributed by atoms with Gasteiger partial charge in [-0.05, 0) is 48.9 Å². The number of fused-ring (bicyclic) bond motifs is 1. The van der Waals surface area contributed by atoms with E-state index < -0.39 is 0 Å². The van der Waals surface area contributed by atoms with Gasteiger partial charge in [-0.1, -0.05) is 35.3 Å². The van der Waals surface area contributed by atoms with Crippen LogP contribution in [-0.4, -0.2) is 29.5 Å². The van der Waals surface area contributed by atoms with Crippen molar-refractivity contribution in [1.29, 1.82) is 0 Å². The number of halogens is 2. The summed E-state index contributed by atoms with van der Waals surface area (Å²) in [5.41, 5.74) is 3.43. The van der Waals surface area contributed by atoms with Crippen LogP contribution >= 0.6 is 23.2 Å². The summed E-state index contributed by atoms with van der Waals surface area (Å²) in [5, 5.41) is 3.84. The maximum atomic E-state index is 13.1. The quantitative estimate of drug-likeness (QED) is 0.407. The Bertz CT molecular complexity index is 1300. The molecule has 2 aromatic heterocycles. The van der Waals surface area contributed by atoms with Crippen molar-refractivity contribution in [3.63, 3.8) is 0 Å². The van der Waals surface area contributed by atoms with E-state index in [9.17, 15) is 4.79 Å². The summed E-state index contributed by atoms with van der Waals surface area (Å²) >= 11 is 12.3. The van der Waals surface area contributed by atoms with Gasteiger partial charge < -0.3 is 14.8 Å². The zero-order valence-electron chi connectivity index (χ0n) is 17.1. The fraction of sp³-hybridized carbons (Fsp3) is 0.130. The van der Waals surface area contributed by atoms with Crippen LogP contribution in [0.15, 0.2) is 54.7 Å². The van der Waals surface area contributed by atoms with Crippen LogP contribution in [0.25, 0.3) is 16.9 Å². The van der Waals surface area contributed by atoms with Gasteiger partial charge in [0.2, 0.25) is 0 Å². The first-order valence-corrected chi connectivity index (χ1v) is 10.1. The van der Waals surface area contributed by atoms with E-state index >= 15 is 0 Å². The van der Waals surface area contributed by atoms with Gasteiger partial charge in [0, 0.05) is 17.3 Å². The van der Waals surface area contributed by atoms with Crippen LogP contribution in [0.2, 0.25) is 10.0 Å². The normalized spacial score (nSPS) is 10.9. The van der Waals surface area contributed by atoms with Crippen molar-refractivity contribution in [2.45, 2.75) is 6.92 Å². The van der Waals surface area contributed by atoms with Crippen LogP contribution < -0.4 is 14.8 Å². The lowest BCUT2D eigenvalue weighted by molar-refractivity contribution is 0.102. The fourth-order valence-corrected chi connectivity index (χ4v) is 3.62. The van der Waals surface area contributed by atoms with E-state index in [0.717, 1.165) is 16.8 Å². The third-order valence-corrected chi connectivity index (χ3v) is 5.65. The molecule has 0 radical (unpaired) electrons. The molecule has 2 aromatic carbocycles. The molecule has 0 aliphatic carbocycles. The number of anilines is 1. The molecule has 0 saturated carbocycles. The molecule has 4 rings (SSSR count). The largest absolute Gasteiger partial charge is 0.493 e. The molecule has 0 saturated heterocycles. The van der Waals surface area contributed by atoms with E-state index in [0.29, 0.717) is 38.6 Å². The van der Waals surface area contributed by atoms with Crippen molar-refractivity contribution < 1.29 is 14.3 Å². The monoisotopic (exact) mass is 455 g/mol. The molecule has 0 aliphatic heterocycles. The Balaban J connectivity index is 1.82. The number of benzene rings is 2. The molecule has 0 atom stereocenters. The summed E-state index contributed by atoms with van der Waals surface area (Å²) in [7, 11) is 3.07. The first-order chi connectivity index (χ1) is 14.9. The molecule has 8 heteroatoms. The maximum absolute atomic E-state index is 13.1. The van der Waals surface area contributed by atoms with Crippen LogP contribution in [0, 0.1) is 6.92 Å². The predicted molar refractivity (Wildman–Crippen MR) is 123 cm³/mol. The summed E-state index contributed by atoms with van der Waals surface area (Å²) in [5.74, 6) is 1.22. The van der Waals surface area contributed by atoms with Crippen molar-refractivity contribution in [2.75, 3.05) is 19.5 Å². The van der Waals surface area contributed by atoms with E-state index in [-0.39, 0.29) is 5.91 Å². The maximum Gasteiger partial charge on any atom is 0.256 e. The highest BCUT2D eigenvalue weighted by molar-refractivity contribution is 6.42. The molecule has 0 bridgehead atoms. The third kappa shape index (κ3) is 3.92. The zero-order valence-corrected chi connectivity index (χ0v) is 18.6. The highest BCUT2D eigenvalue weighted by atomic mass is 35.5. The van der Waals surface area contributed by atoms with Crippen LogP contribution in [0.4, 0.5) is 5.82 Å². The van der Waals surface area contributed by atoms with Crippen LogP contribution in [0.1, 0.15) is 15.9 Å². The van der Waals surface area contributed by atoms with Gasteiger partial charge in [0.15, 0.2) is 11.5 Å². The van der Waals surface area contributed by atoms with Crippen molar-refractivity contribution in [3.8, 4) is 22.8 Å². The molecule has 0 spiro atoms. The number of hydrogen-bond donors (Lipinski definition) is 1. The summed E-state index contributed by atoms with van der Waals surface area (Å²) in [6, 6.07) is 14.1. The van der Waals surface area contributed by atoms with Gasteiger partial charge in [-0.15, -0.1) is 0 Å². The molecular formula is C23H19Cl2N3O3. The number of aromatic nitrogens is 2. The van der Waals surface area contributed by atoms with E-state index in [1.54, 1.807) is 37.4 Å². The highest BCUT2D eigenvalue weighted by Gasteiger charge is 2.20. The number of ether oxygens (including phenoxy) is 2. The molecular weight excluding hydrogens is 437 g/mol. The number of aryl methyl sites for hydroxylation is 1. The van der Waals surface area contributed by atoms with Crippen molar-refractivity contribution in [1.82, 2.24) is 9.38 Å². The number of pyridine rings is 1. The van der Waals surface area contributed by atoms with Gasteiger partial charge >= 0.3 is 0 Å². The van der Waals surface area contributed by atoms with Crippen LogP contribution in [-0.2, 0) is 0 Å². The molecule has 6 nitrogen and oxygen atoms in total.